The molecule has 2 heterocycles. The highest BCUT2D eigenvalue weighted by atomic mass is 16.2. The fraction of sp³-hybridized carbons (Fsp3) is 0.276. The van der Waals surface area contributed by atoms with E-state index in [-0.39, 0.29) is 6.03 Å². The molecule has 1 saturated heterocycles. The molecule has 178 valence electrons. The van der Waals surface area contributed by atoms with E-state index in [0.29, 0.717) is 18.0 Å². The van der Waals surface area contributed by atoms with Crippen molar-refractivity contribution in [3.8, 4) is 6.07 Å². The summed E-state index contributed by atoms with van der Waals surface area (Å²) >= 11 is 0. The highest BCUT2D eigenvalue weighted by Gasteiger charge is 2.22. The highest BCUT2D eigenvalue weighted by Crippen LogP contribution is 2.32. The molecule has 0 unspecified atom stereocenters. The van der Waals surface area contributed by atoms with Crippen LogP contribution in [0.15, 0.2) is 73.6 Å². The molecular weight excluding hydrogens is 434 g/mol. The summed E-state index contributed by atoms with van der Waals surface area (Å²) in [4.78, 5) is 18.8. The van der Waals surface area contributed by atoms with Crippen LogP contribution >= 0.6 is 0 Å². The Balaban J connectivity index is 1.31. The molecule has 1 aromatic heterocycles. The number of hydrogen-bond acceptors (Lipinski definition) is 4. The van der Waals surface area contributed by atoms with Gasteiger partial charge in [-0.1, -0.05) is 30.8 Å². The van der Waals surface area contributed by atoms with Crippen molar-refractivity contribution in [2.24, 2.45) is 0 Å². The van der Waals surface area contributed by atoms with Crippen molar-refractivity contribution in [2.45, 2.75) is 32.1 Å². The normalized spacial score (nSPS) is 13.7. The number of carbonyl (C=O) groups excluding carboxylic acids is 1. The number of aryl methyl sites for hydroxylation is 1. The van der Waals surface area contributed by atoms with Gasteiger partial charge in [0.25, 0.3) is 0 Å². The second-order valence-electron chi connectivity index (χ2n) is 8.96. The molecule has 1 aliphatic heterocycles. The van der Waals surface area contributed by atoms with Gasteiger partial charge < -0.3 is 15.5 Å². The Hall–Kier alpha value is -4.11. The van der Waals surface area contributed by atoms with Crippen LogP contribution in [0.4, 0.5) is 10.5 Å². The molecule has 0 saturated carbocycles. The van der Waals surface area contributed by atoms with Crippen LogP contribution in [0.2, 0.25) is 0 Å². The van der Waals surface area contributed by atoms with Crippen molar-refractivity contribution in [1.82, 2.24) is 15.2 Å². The van der Waals surface area contributed by atoms with Crippen LogP contribution in [0.5, 0.6) is 0 Å². The van der Waals surface area contributed by atoms with Crippen molar-refractivity contribution in [3.63, 3.8) is 0 Å². The summed E-state index contributed by atoms with van der Waals surface area (Å²) in [6.07, 6.45) is 6.35. The Morgan fingerprint density at radius 3 is 2.51 bits per heavy atom. The molecule has 2 amide bonds. The van der Waals surface area contributed by atoms with Crippen molar-refractivity contribution in [3.05, 3.63) is 101 Å². The predicted octanol–water partition coefficient (Wildman–Crippen LogP) is 5.48. The van der Waals surface area contributed by atoms with Crippen molar-refractivity contribution >= 4 is 17.4 Å². The van der Waals surface area contributed by atoms with Crippen LogP contribution < -0.4 is 10.6 Å². The van der Waals surface area contributed by atoms with Crippen LogP contribution in [-0.2, 0) is 6.42 Å². The third-order valence-electron chi connectivity index (χ3n) is 6.66. The molecule has 0 radical (unpaired) electrons. The first-order valence-electron chi connectivity index (χ1n) is 12.0. The average molecular weight is 466 g/mol. The van der Waals surface area contributed by atoms with Crippen LogP contribution in [0.3, 0.4) is 0 Å². The first kappa shape index (κ1) is 24.0. The van der Waals surface area contributed by atoms with Crippen molar-refractivity contribution in [2.75, 3.05) is 25.0 Å². The van der Waals surface area contributed by atoms with Gasteiger partial charge in [0.2, 0.25) is 0 Å². The Morgan fingerprint density at radius 2 is 1.83 bits per heavy atom. The minimum atomic E-state index is -0.215. The van der Waals surface area contributed by atoms with Gasteiger partial charge in [0.15, 0.2) is 0 Å². The summed E-state index contributed by atoms with van der Waals surface area (Å²) < 4.78 is 0. The number of likely N-dealkylation sites (tertiary alicyclic amines) is 1. The number of carbonyl (C=O) groups is 1. The van der Waals surface area contributed by atoms with Gasteiger partial charge in [-0.3, -0.25) is 4.98 Å². The first-order chi connectivity index (χ1) is 17.0. The lowest BCUT2D eigenvalue weighted by molar-refractivity contribution is 0.252. The lowest BCUT2D eigenvalue weighted by Crippen LogP contribution is -2.32. The van der Waals surface area contributed by atoms with E-state index >= 15 is 0 Å². The van der Waals surface area contributed by atoms with Crippen LogP contribution in [0.1, 0.15) is 46.6 Å². The van der Waals surface area contributed by atoms with Gasteiger partial charge >= 0.3 is 6.03 Å². The summed E-state index contributed by atoms with van der Waals surface area (Å²) in [7, 11) is 0. The Kier molecular flexibility index (Phi) is 7.79. The number of aromatic nitrogens is 1. The van der Waals surface area contributed by atoms with Crippen LogP contribution in [-0.4, -0.2) is 35.5 Å². The zero-order valence-electron chi connectivity index (χ0n) is 20.1. The van der Waals surface area contributed by atoms with Gasteiger partial charge in [-0.15, -0.1) is 0 Å². The van der Waals surface area contributed by atoms with Gasteiger partial charge in [-0.05, 0) is 84.7 Å². The number of anilines is 1. The Bertz CT molecular complexity index is 1210. The molecule has 6 nitrogen and oxygen atoms in total. The molecule has 0 aliphatic carbocycles. The monoisotopic (exact) mass is 465 g/mol. The summed E-state index contributed by atoms with van der Waals surface area (Å²) in [6, 6.07) is 19.9. The van der Waals surface area contributed by atoms with Gasteiger partial charge in [-0.2, -0.15) is 5.26 Å². The van der Waals surface area contributed by atoms with Gasteiger partial charge in [0, 0.05) is 43.4 Å². The highest BCUT2D eigenvalue weighted by molar-refractivity contribution is 5.90. The molecule has 1 fully saturated rings. The number of nitrogens with one attached hydrogen (secondary N) is 2. The number of nitrogens with zero attached hydrogens (tertiary/aromatic N) is 3. The molecule has 0 spiro atoms. The third-order valence-corrected chi connectivity index (χ3v) is 6.66. The second kappa shape index (κ2) is 11.3. The van der Waals surface area contributed by atoms with E-state index in [9.17, 15) is 4.79 Å². The lowest BCUT2D eigenvalue weighted by Gasteiger charge is -2.35. The molecule has 0 bridgehead atoms. The largest absolute Gasteiger partial charge is 0.371 e. The number of amides is 2. The molecule has 2 N–H and O–H groups in total. The summed E-state index contributed by atoms with van der Waals surface area (Å²) in [5.41, 5.74) is 6.92. The number of rotatable bonds is 7. The molecule has 0 atom stereocenters. The maximum Gasteiger partial charge on any atom is 0.319 e. The van der Waals surface area contributed by atoms with E-state index in [0.717, 1.165) is 60.4 Å². The molecule has 1 aliphatic rings. The molecule has 6 heteroatoms. The van der Waals surface area contributed by atoms with E-state index < -0.39 is 0 Å². The molecule has 3 aromatic rings. The minimum absolute atomic E-state index is 0.215. The first-order valence-corrected chi connectivity index (χ1v) is 12.0. The summed E-state index contributed by atoms with van der Waals surface area (Å²) in [5.74, 6) is 0.498. The molecule has 35 heavy (non-hydrogen) atoms. The third kappa shape index (κ3) is 6.27. The quantitative estimate of drug-likeness (QED) is 0.484. The fourth-order valence-corrected chi connectivity index (χ4v) is 4.47. The van der Waals surface area contributed by atoms with Gasteiger partial charge in [0.05, 0.1) is 11.6 Å². The van der Waals surface area contributed by atoms with E-state index in [1.165, 1.54) is 5.56 Å². The molecule has 2 aromatic carbocycles. The summed E-state index contributed by atoms with van der Waals surface area (Å²) in [6.45, 7) is 8.75. The number of pyridine rings is 1. The maximum atomic E-state index is 12.5. The number of piperidine rings is 1. The van der Waals surface area contributed by atoms with E-state index in [2.05, 4.69) is 51.4 Å². The Labute approximate surface area is 207 Å². The van der Waals surface area contributed by atoms with E-state index in [1.807, 2.05) is 43.3 Å². The number of benzene rings is 2. The van der Waals surface area contributed by atoms with Crippen molar-refractivity contribution in [1.29, 1.82) is 5.26 Å². The van der Waals surface area contributed by atoms with Crippen molar-refractivity contribution < 1.29 is 4.79 Å². The average Bonchev–Trinajstić information content (AvgIpc) is 2.90. The minimum Gasteiger partial charge on any atom is -0.371 e. The number of urea groups is 1. The standard InChI is InChI=1S/C29H31N5O/c1-21-3-6-27(19-28(21)33-29(35)32-16-11-23-9-14-31-15-10-23)22(2)34-17-12-26(13-18-34)25-7-4-24(20-30)5-8-25/h3-10,14-15,19,26H,2,11-13,16-18H2,1H3,(H2,32,33,35). The molecule has 4 rings (SSSR count). The zero-order valence-corrected chi connectivity index (χ0v) is 20.1. The maximum absolute atomic E-state index is 12.5. The number of hydrogen-bond donors (Lipinski definition) is 2. The number of nitriles is 1. The van der Waals surface area contributed by atoms with Gasteiger partial charge in [-0.25, -0.2) is 4.79 Å². The van der Waals surface area contributed by atoms with Crippen LogP contribution in [0, 0.1) is 18.3 Å². The molecular formula is C29H31N5O. The van der Waals surface area contributed by atoms with Crippen LogP contribution in [0.25, 0.3) is 5.70 Å². The summed E-state index contributed by atoms with van der Waals surface area (Å²) in [5, 5.41) is 14.9. The van der Waals surface area contributed by atoms with E-state index in [1.54, 1.807) is 12.4 Å². The Morgan fingerprint density at radius 1 is 1.11 bits per heavy atom. The lowest BCUT2D eigenvalue weighted by atomic mass is 9.88. The topological polar surface area (TPSA) is 81.1 Å². The predicted molar refractivity (Wildman–Crippen MR) is 140 cm³/mol. The van der Waals surface area contributed by atoms with Gasteiger partial charge in [0.1, 0.15) is 0 Å². The zero-order chi connectivity index (χ0) is 24.6. The SMILES string of the molecule is C=C(c1ccc(C)c(NC(=O)NCCc2ccncc2)c1)N1CCC(c2ccc(C#N)cc2)CC1. The van der Waals surface area contributed by atoms with E-state index in [4.69, 9.17) is 5.26 Å². The smallest absolute Gasteiger partial charge is 0.319 e. The second-order valence-corrected chi connectivity index (χ2v) is 8.96. The fourth-order valence-electron chi connectivity index (χ4n) is 4.47.